The summed E-state index contributed by atoms with van der Waals surface area (Å²) >= 11 is 0. The predicted octanol–water partition coefficient (Wildman–Crippen LogP) is 2.66. The molecule has 0 atom stereocenters. The average molecular weight is 312 g/mol. The minimum atomic E-state index is 0.402. The zero-order valence-electron chi connectivity index (χ0n) is 13.8. The molecule has 0 saturated carbocycles. The van der Waals surface area contributed by atoms with Crippen LogP contribution in [0.1, 0.15) is 49.8 Å². The van der Waals surface area contributed by atoms with E-state index in [1.54, 1.807) is 0 Å². The lowest BCUT2D eigenvalue weighted by molar-refractivity contribution is 0.508. The molecule has 0 radical (unpaired) electrons. The molecular formula is C17H24N6. The molecule has 1 aromatic heterocycles. The van der Waals surface area contributed by atoms with E-state index in [4.69, 9.17) is 5.73 Å². The fourth-order valence-corrected chi connectivity index (χ4v) is 2.80. The number of rotatable bonds is 4. The van der Waals surface area contributed by atoms with Crippen LogP contribution in [-0.4, -0.2) is 20.7 Å². The highest BCUT2D eigenvalue weighted by Crippen LogP contribution is 2.18. The summed E-state index contributed by atoms with van der Waals surface area (Å²) in [7, 11) is 0. The molecule has 6 nitrogen and oxygen atoms in total. The third kappa shape index (κ3) is 3.70. The van der Waals surface area contributed by atoms with Crippen molar-refractivity contribution in [3.05, 3.63) is 41.5 Å². The molecule has 2 aromatic rings. The summed E-state index contributed by atoms with van der Waals surface area (Å²) in [6.45, 7) is 5.78. The number of nitrogens with one attached hydrogen (secondary N) is 1. The predicted molar refractivity (Wildman–Crippen MR) is 92.4 cm³/mol. The number of aliphatic imine (C=N–C) groups is 1. The van der Waals surface area contributed by atoms with E-state index in [1.807, 2.05) is 12.1 Å². The molecule has 3 rings (SSSR count). The molecule has 0 spiro atoms. The monoisotopic (exact) mass is 312 g/mol. The van der Waals surface area contributed by atoms with E-state index in [9.17, 15) is 0 Å². The number of hydrogen-bond donors (Lipinski definition) is 2. The van der Waals surface area contributed by atoms with E-state index < -0.39 is 0 Å². The first kappa shape index (κ1) is 15.5. The van der Waals surface area contributed by atoms with E-state index in [-0.39, 0.29) is 0 Å². The van der Waals surface area contributed by atoms with Crippen molar-refractivity contribution in [2.45, 2.75) is 52.1 Å². The minimum absolute atomic E-state index is 0.402. The Morgan fingerprint density at radius 1 is 1.35 bits per heavy atom. The Morgan fingerprint density at radius 3 is 3.04 bits per heavy atom. The molecule has 122 valence electrons. The zero-order chi connectivity index (χ0) is 16.2. The van der Waals surface area contributed by atoms with Crippen molar-refractivity contribution in [2.24, 2.45) is 10.7 Å². The number of nitrogens with zero attached hydrogens (tertiary/aromatic N) is 4. The van der Waals surface area contributed by atoms with Gasteiger partial charge < -0.3 is 15.6 Å². The van der Waals surface area contributed by atoms with Crippen molar-refractivity contribution >= 4 is 11.6 Å². The summed E-state index contributed by atoms with van der Waals surface area (Å²) in [5.74, 6) is 2.84. The Hall–Kier alpha value is -2.37. The summed E-state index contributed by atoms with van der Waals surface area (Å²) in [6, 6.07) is 8.24. The van der Waals surface area contributed by atoms with Gasteiger partial charge in [-0.15, -0.1) is 10.2 Å². The van der Waals surface area contributed by atoms with Crippen molar-refractivity contribution in [1.82, 2.24) is 14.8 Å². The van der Waals surface area contributed by atoms with E-state index in [0.29, 0.717) is 18.4 Å². The standard InChI is InChI=1S/C17H24N6/c1-12(2)13-6-5-7-14(10-13)20-17(18)19-11-16-22-21-15-8-3-4-9-23(15)16/h5-7,10,12H,3-4,8-9,11H2,1-2H3,(H3,18,19,20). The number of anilines is 1. The summed E-state index contributed by atoms with van der Waals surface area (Å²) in [5, 5.41) is 11.6. The van der Waals surface area contributed by atoms with Gasteiger partial charge in [-0.05, 0) is 36.5 Å². The van der Waals surface area contributed by atoms with Crippen LogP contribution in [0.4, 0.5) is 5.69 Å². The molecule has 0 unspecified atom stereocenters. The lowest BCUT2D eigenvalue weighted by Gasteiger charge is -2.14. The molecular weight excluding hydrogens is 288 g/mol. The molecule has 1 aliphatic heterocycles. The van der Waals surface area contributed by atoms with Crippen LogP contribution in [0.2, 0.25) is 0 Å². The Morgan fingerprint density at radius 2 is 2.22 bits per heavy atom. The average Bonchev–Trinajstić information content (AvgIpc) is 2.96. The Labute approximate surface area is 136 Å². The number of aromatic nitrogens is 3. The van der Waals surface area contributed by atoms with E-state index >= 15 is 0 Å². The summed E-state index contributed by atoms with van der Waals surface area (Å²) in [4.78, 5) is 4.40. The van der Waals surface area contributed by atoms with Crippen LogP contribution in [0.25, 0.3) is 0 Å². The van der Waals surface area contributed by atoms with Gasteiger partial charge in [0.05, 0.1) is 0 Å². The van der Waals surface area contributed by atoms with E-state index in [2.05, 4.69) is 51.1 Å². The summed E-state index contributed by atoms with van der Waals surface area (Å²) < 4.78 is 2.17. The van der Waals surface area contributed by atoms with Crippen LogP contribution in [0.5, 0.6) is 0 Å². The number of aryl methyl sites for hydroxylation is 1. The van der Waals surface area contributed by atoms with Crippen LogP contribution in [0.3, 0.4) is 0 Å². The number of hydrogen-bond acceptors (Lipinski definition) is 3. The molecule has 0 amide bonds. The maximum atomic E-state index is 6.01. The first-order valence-corrected chi connectivity index (χ1v) is 8.21. The normalized spacial score (nSPS) is 14.8. The highest BCUT2D eigenvalue weighted by Gasteiger charge is 2.15. The fourth-order valence-electron chi connectivity index (χ4n) is 2.80. The van der Waals surface area contributed by atoms with Gasteiger partial charge in [0.2, 0.25) is 0 Å². The van der Waals surface area contributed by atoms with Gasteiger partial charge in [-0.2, -0.15) is 0 Å². The van der Waals surface area contributed by atoms with Gasteiger partial charge in [-0.3, -0.25) is 0 Å². The summed E-state index contributed by atoms with van der Waals surface area (Å²) in [6.07, 6.45) is 3.38. The van der Waals surface area contributed by atoms with Crippen molar-refractivity contribution in [3.8, 4) is 0 Å². The van der Waals surface area contributed by atoms with Crippen LogP contribution < -0.4 is 11.1 Å². The highest BCUT2D eigenvalue weighted by atomic mass is 15.3. The SMILES string of the molecule is CC(C)c1cccc(NC(N)=NCc2nnc3n2CCCC3)c1. The maximum Gasteiger partial charge on any atom is 0.193 e. The molecule has 1 aliphatic rings. The lowest BCUT2D eigenvalue weighted by atomic mass is 10.0. The third-order valence-electron chi connectivity index (χ3n) is 4.15. The van der Waals surface area contributed by atoms with Gasteiger partial charge >= 0.3 is 0 Å². The second-order valence-electron chi connectivity index (χ2n) is 6.25. The van der Waals surface area contributed by atoms with Crippen molar-refractivity contribution in [2.75, 3.05) is 5.32 Å². The Kier molecular flexibility index (Phi) is 4.60. The van der Waals surface area contributed by atoms with Crippen molar-refractivity contribution in [1.29, 1.82) is 0 Å². The molecule has 23 heavy (non-hydrogen) atoms. The second kappa shape index (κ2) is 6.81. The molecule has 2 heterocycles. The quantitative estimate of drug-likeness (QED) is 0.672. The minimum Gasteiger partial charge on any atom is -0.370 e. The molecule has 6 heteroatoms. The van der Waals surface area contributed by atoms with Gasteiger partial charge in [-0.25, -0.2) is 4.99 Å². The third-order valence-corrected chi connectivity index (χ3v) is 4.15. The van der Waals surface area contributed by atoms with Gasteiger partial charge in [0.25, 0.3) is 0 Å². The Bertz CT molecular complexity index is 701. The molecule has 0 aliphatic carbocycles. The largest absolute Gasteiger partial charge is 0.370 e. The lowest BCUT2D eigenvalue weighted by Crippen LogP contribution is -2.23. The van der Waals surface area contributed by atoms with Crippen molar-refractivity contribution < 1.29 is 0 Å². The topological polar surface area (TPSA) is 81.1 Å². The van der Waals surface area contributed by atoms with Gasteiger partial charge in [0.15, 0.2) is 11.8 Å². The van der Waals surface area contributed by atoms with E-state index in [0.717, 1.165) is 30.3 Å². The number of nitrogens with two attached hydrogens (primary N) is 1. The van der Waals surface area contributed by atoms with Gasteiger partial charge in [0.1, 0.15) is 12.4 Å². The summed E-state index contributed by atoms with van der Waals surface area (Å²) in [5.41, 5.74) is 8.24. The maximum absolute atomic E-state index is 6.01. The van der Waals surface area contributed by atoms with Crippen LogP contribution in [0.15, 0.2) is 29.3 Å². The zero-order valence-corrected chi connectivity index (χ0v) is 13.8. The second-order valence-corrected chi connectivity index (χ2v) is 6.25. The molecule has 1 aromatic carbocycles. The Balaban J connectivity index is 1.66. The highest BCUT2D eigenvalue weighted by molar-refractivity contribution is 5.92. The number of guanidine groups is 1. The first-order chi connectivity index (χ1) is 11.1. The van der Waals surface area contributed by atoms with Crippen molar-refractivity contribution in [3.63, 3.8) is 0 Å². The number of fused-ring (bicyclic) bond motifs is 1. The van der Waals surface area contributed by atoms with Gasteiger partial charge in [-0.1, -0.05) is 26.0 Å². The van der Waals surface area contributed by atoms with E-state index in [1.165, 1.54) is 18.4 Å². The van der Waals surface area contributed by atoms with Crippen LogP contribution in [0, 0.1) is 0 Å². The molecule has 0 saturated heterocycles. The van der Waals surface area contributed by atoms with Gasteiger partial charge in [0, 0.05) is 18.7 Å². The smallest absolute Gasteiger partial charge is 0.193 e. The number of benzene rings is 1. The molecule has 0 fully saturated rings. The fraction of sp³-hybridized carbons (Fsp3) is 0.471. The molecule has 0 bridgehead atoms. The molecule has 3 N–H and O–H groups in total. The van der Waals surface area contributed by atoms with Crippen LogP contribution in [-0.2, 0) is 19.5 Å². The van der Waals surface area contributed by atoms with Crippen LogP contribution >= 0.6 is 0 Å². The first-order valence-electron chi connectivity index (χ1n) is 8.21.